The molecule has 0 unspecified atom stereocenters. The molecule has 1 N–H and O–H groups in total. The van der Waals surface area contributed by atoms with E-state index in [1.54, 1.807) is 11.1 Å². The van der Waals surface area contributed by atoms with Gasteiger partial charge in [0.2, 0.25) is 11.9 Å². The number of carbonyl (C=O) groups excluding carboxylic acids is 2. The molecule has 3 heterocycles. The van der Waals surface area contributed by atoms with Crippen LogP contribution in [0.5, 0.6) is 0 Å². The smallest absolute Gasteiger partial charge is 0.253 e. The van der Waals surface area contributed by atoms with Gasteiger partial charge in [0.05, 0.1) is 29.7 Å². The Balaban J connectivity index is 1.42. The number of pyridine rings is 1. The molecule has 2 aromatic carbocycles. The second kappa shape index (κ2) is 8.02. The minimum atomic E-state index is -0.637. The number of hydrogen-bond donors (Lipinski definition) is 1. The van der Waals surface area contributed by atoms with Crippen molar-refractivity contribution in [3.05, 3.63) is 90.3 Å². The van der Waals surface area contributed by atoms with Gasteiger partial charge in [0.1, 0.15) is 6.04 Å². The van der Waals surface area contributed by atoms with Gasteiger partial charge < -0.3 is 5.32 Å². The predicted octanol–water partition coefficient (Wildman–Crippen LogP) is 3.23. The number of amides is 2. The fourth-order valence-corrected chi connectivity index (χ4v) is 3.94. The number of para-hydroxylation sites is 2. The summed E-state index contributed by atoms with van der Waals surface area (Å²) >= 11 is 0. The van der Waals surface area contributed by atoms with Crippen molar-refractivity contribution >= 4 is 28.8 Å². The quantitative estimate of drug-likeness (QED) is 0.528. The monoisotopic (exact) mass is 411 g/mol. The number of aromatic nitrogens is 3. The highest BCUT2D eigenvalue weighted by atomic mass is 16.2. The van der Waals surface area contributed by atoms with Crippen molar-refractivity contribution in [3.8, 4) is 0 Å². The van der Waals surface area contributed by atoms with E-state index in [4.69, 9.17) is 0 Å². The average molecular weight is 411 g/mol. The van der Waals surface area contributed by atoms with Crippen LogP contribution in [0.2, 0.25) is 0 Å². The molecular weight excluding hydrogens is 390 g/mol. The number of imidazole rings is 1. The molecule has 0 fully saturated rings. The molecule has 1 aliphatic heterocycles. The van der Waals surface area contributed by atoms with Crippen LogP contribution in [0.4, 0.5) is 5.95 Å². The van der Waals surface area contributed by atoms with Gasteiger partial charge in [-0.1, -0.05) is 48.5 Å². The number of nitrogens with zero attached hydrogens (tertiary/aromatic N) is 4. The molecule has 1 atom stereocenters. The Kier molecular flexibility index (Phi) is 4.92. The summed E-state index contributed by atoms with van der Waals surface area (Å²) in [6.45, 7) is 0.737. The second-order valence-corrected chi connectivity index (χ2v) is 7.50. The zero-order valence-electron chi connectivity index (χ0n) is 16.8. The van der Waals surface area contributed by atoms with Crippen LogP contribution in [0.15, 0.2) is 79.0 Å². The third kappa shape index (κ3) is 3.66. The molecule has 0 spiro atoms. The number of anilines is 1. The standard InChI is InChI=1S/C24H21N5O2/c30-22(26-15-17-8-2-1-3-9-17)14-21-23(31)28(16-18-10-6-7-13-25-18)24-27-19-11-4-5-12-20(19)29(21)24/h1-13,21H,14-16H2,(H,26,30)/t21-/m0/s1. The van der Waals surface area contributed by atoms with Crippen LogP contribution in [0, 0.1) is 0 Å². The molecule has 5 rings (SSSR count). The summed E-state index contributed by atoms with van der Waals surface area (Å²) in [7, 11) is 0. The van der Waals surface area contributed by atoms with Gasteiger partial charge in [0.15, 0.2) is 0 Å². The lowest BCUT2D eigenvalue weighted by Crippen LogP contribution is -2.32. The number of fused-ring (bicyclic) bond motifs is 3. The van der Waals surface area contributed by atoms with Gasteiger partial charge in [-0.25, -0.2) is 4.98 Å². The first-order valence-electron chi connectivity index (χ1n) is 10.2. The number of benzene rings is 2. The molecule has 7 heteroatoms. The maximum absolute atomic E-state index is 13.3. The number of nitrogens with one attached hydrogen (secondary N) is 1. The van der Waals surface area contributed by atoms with E-state index in [9.17, 15) is 9.59 Å². The van der Waals surface area contributed by atoms with Crippen LogP contribution in [-0.4, -0.2) is 26.3 Å². The van der Waals surface area contributed by atoms with E-state index in [1.165, 1.54) is 0 Å². The Morgan fingerprint density at radius 2 is 1.74 bits per heavy atom. The Bertz CT molecular complexity index is 1240. The molecule has 0 aliphatic carbocycles. The fraction of sp³-hybridized carbons (Fsp3) is 0.167. The minimum Gasteiger partial charge on any atom is -0.352 e. The van der Waals surface area contributed by atoms with Gasteiger partial charge in [0.25, 0.3) is 5.91 Å². The van der Waals surface area contributed by atoms with Crippen molar-refractivity contribution in [2.45, 2.75) is 25.6 Å². The molecule has 0 bridgehead atoms. The van der Waals surface area contributed by atoms with E-state index in [0.29, 0.717) is 19.0 Å². The highest BCUT2D eigenvalue weighted by Gasteiger charge is 2.40. The number of rotatable bonds is 6. The van der Waals surface area contributed by atoms with E-state index < -0.39 is 6.04 Å². The zero-order valence-corrected chi connectivity index (χ0v) is 16.8. The topological polar surface area (TPSA) is 80.1 Å². The molecule has 0 saturated carbocycles. The van der Waals surface area contributed by atoms with Crippen molar-refractivity contribution in [2.75, 3.05) is 4.90 Å². The number of hydrogen-bond acceptors (Lipinski definition) is 4. The van der Waals surface area contributed by atoms with Crippen molar-refractivity contribution in [1.82, 2.24) is 19.9 Å². The maximum atomic E-state index is 13.3. The average Bonchev–Trinajstić information content (AvgIpc) is 3.30. The summed E-state index contributed by atoms with van der Waals surface area (Å²) in [5, 5.41) is 2.93. The fourth-order valence-electron chi connectivity index (χ4n) is 3.94. The molecule has 2 amide bonds. The lowest BCUT2D eigenvalue weighted by molar-refractivity contribution is -0.127. The summed E-state index contributed by atoms with van der Waals surface area (Å²) < 4.78 is 1.88. The SMILES string of the molecule is O=C(C[C@H]1C(=O)N(Cc2ccccn2)c2nc3ccccc3n21)NCc1ccccc1. The second-order valence-electron chi connectivity index (χ2n) is 7.50. The first-order chi connectivity index (χ1) is 15.2. The van der Waals surface area contributed by atoms with Crippen LogP contribution in [0.25, 0.3) is 11.0 Å². The summed E-state index contributed by atoms with van der Waals surface area (Å²) in [5.41, 5.74) is 3.42. The molecule has 154 valence electrons. The predicted molar refractivity (Wildman–Crippen MR) is 117 cm³/mol. The lowest BCUT2D eigenvalue weighted by atomic mass is 10.1. The van der Waals surface area contributed by atoms with Crippen LogP contribution in [0.3, 0.4) is 0 Å². The minimum absolute atomic E-state index is 0.0533. The van der Waals surface area contributed by atoms with Gasteiger partial charge >= 0.3 is 0 Å². The van der Waals surface area contributed by atoms with Crippen LogP contribution < -0.4 is 10.2 Å². The maximum Gasteiger partial charge on any atom is 0.253 e. The van der Waals surface area contributed by atoms with Crippen molar-refractivity contribution in [3.63, 3.8) is 0 Å². The lowest BCUT2D eigenvalue weighted by Gasteiger charge is -2.15. The van der Waals surface area contributed by atoms with E-state index in [-0.39, 0.29) is 18.2 Å². The molecule has 7 nitrogen and oxygen atoms in total. The molecule has 2 aromatic heterocycles. The van der Waals surface area contributed by atoms with Gasteiger partial charge in [-0.3, -0.25) is 24.0 Å². The molecule has 0 saturated heterocycles. The normalized spacial score (nSPS) is 15.3. The summed E-state index contributed by atoms with van der Waals surface area (Å²) in [6.07, 6.45) is 1.76. The highest BCUT2D eigenvalue weighted by Crippen LogP contribution is 2.37. The summed E-state index contributed by atoms with van der Waals surface area (Å²) in [4.78, 5) is 36.7. The largest absolute Gasteiger partial charge is 0.352 e. The number of carbonyl (C=O) groups is 2. The van der Waals surface area contributed by atoms with Gasteiger partial charge in [-0.05, 0) is 29.8 Å². The van der Waals surface area contributed by atoms with Gasteiger partial charge in [-0.2, -0.15) is 0 Å². The third-order valence-corrected chi connectivity index (χ3v) is 5.44. The molecule has 31 heavy (non-hydrogen) atoms. The first-order valence-corrected chi connectivity index (χ1v) is 10.2. The van der Waals surface area contributed by atoms with Gasteiger partial charge in [0, 0.05) is 12.7 Å². The summed E-state index contributed by atoms with van der Waals surface area (Å²) in [5.74, 6) is 0.233. The molecule has 1 aliphatic rings. The van der Waals surface area contributed by atoms with E-state index in [2.05, 4.69) is 15.3 Å². The Morgan fingerprint density at radius 3 is 2.55 bits per heavy atom. The van der Waals surface area contributed by atoms with Crippen molar-refractivity contribution in [1.29, 1.82) is 0 Å². The van der Waals surface area contributed by atoms with E-state index in [1.807, 2.05) is 77.4 Å². The zero-order chi connectivity index (χ0) is 21.2. The molecular formula is C24H21N5O2. The third-order valence-electron chi connectivity index (χ3n) is 5.44. The Morgan fingerprint density at radius 1 is 0.968 bits per heavy atom. The van der Waals surface area contributed by atoms with Crippen LogP contribution in [0.1, 0.15) is 23.7 Å². The van der Waals surface area contributed by atoms with Crippen molar-refractivity contribution < 1.29 is 9.59 Å². The highest BCUT2D eigenvalue weighted by molar-refractivity contribution is 6.03. The Labute approximate surface area is 179 Å². The van der Waals surface area contributed by atoms with Gasteiger partial charge in [-0.15, -0.1) is 0 Å². The van der Waals surface area contributed by atoms with E-state index in [0.717, 1.165) is 22.3 Å². The van der Waals surface area contributed by atoms with Crippen LogP contribution >= 0.6 is 0 Å². The Hall–Kier alpha value is -4.00. The van der Waals surface area contributed by atoms with E-state index >= 15 is 0 Å². The molecule has 4 aromatic rings. The van der Waals surface area contributed by atoms with Crippen molar-refractivity contribution in [2.24, 2.45) is 0 Å². The summed E-state index contributed by atoms with van der Waals surface area (Å²) in [6, 6.07) is 22.3. The van der Waals surface area contributed by atoms with Crippen LogP contribution in [-0.2, 0) is 22.7 Å². The first kappa shape index (κ1) is 19.0. The molecule has 0 radical (unpaired) electrons.